The summed E-state index contributed by atoms with van der Waals surface area (Å²) in [5.41, 5.74) is 0.942. The zero-order chi connectivity index (χ0) is 14.8. The number of ether oxygens (including phenoxy) is 1. The maximum Gasteiger partial charge on any atom is 0.243 e. The highest BCUT2D eigenvalue weighted by atomic mass is 32.2. The SMILES string of the molecule is CC(C)N(CCCO)S(=O)(=O)c1ccc2c(c1)CCO2. The number of sulfonamides is 1. The Morgan fingerprint density at radius 2 is 2.15 bits per heavy atom. The Bertz CT molecular complexity index is 569. The molecule has 0 saturated carbocycles. The van der Waals surface area contributed by atoms with Crippen LogP contribution in [0.5, 0.6) is 5.75 Å². The molecule has 0 unspecified atom stereocenters. The predicted octanol–water partition coefficient (Wildman–Crippen LogP) is 1.40. The summed E-state index contributed by atoms with van der Waals surface area (Å²) in [6, 6.07) is 4.87. The van der Waals surface area contributed by atoms with Crippen molar-refractivity contribution in [2.24, 2.45) is 0 Å². The van der Waals surface area contributed by atoms with E-state index in [1.54, 1.807) is 18.2 Å². The van der Waals surface area contributed by atoms with Gasteiger partial charge in [0.15, 0.2) is 0 Å². The van der Waals surface area contributed by atoms with Crippen molar-refractivity contribution in [1.29, 1.82) is 0 Å². The first-order valence-corrected chi connectivity index (χ1v) is 8.29. The zero-order valence-corrected chi connectivity index (χ0v) is 12.7. The van der Waals surface area contributed by atoms with Crippen molar-refractivity contribution < 1.29 is 18.3 Å². The molecule has 0 spiro atoms. The second kappa shape index (κ2) is 6.11. The fraction of sp³-hybridized carbons (Fsp3) is 0.571. The summed E-state index contributed by atoms with van der Waals surface area (Å²) < 4.78 is 32.2. The second-order valence-electron chi connectivity index (χ2n) is 5.15. The number of aliphatic hydroxyl groups is 1. The molecule has 0 radical (unpaired) electrons. The van der Waals surface area contributed by atoms with Gasteiger partial charge in [-0.25, -0.2) is 8.42 Å². The van der Waals surface area contributed by atoms with Crippen LogP contribution in [0, 0.1) is 0 Å². The van der Waals surface area contributed by atoms with E-state index in [2.05, 4.69) is 0 Å². The Balaban J connectivity index is 2.32. The normalized spacial score (nSPS) is 14.7. The summed E-state index contributed by atoms with van der Waals surface area (Å²) in [4.78, 5) is 0.299. The number of rotatable bonds is 6. The average molecular weight is 299 g/mol. The summed E-state index contributed by atoms with van der Waals surface area (Å²) in [6.45, 7) is 4.59. The second-order valence-corrected chi connectivity index (χ2v) is 7.05. The van der Waals surface area contributed by atoms with Crippen LogP contribution in [0.15, 0.2) is 23.1 Å². The van der Waals surface area contributed by atoms with Crippen LogP contribution in [0.3, 0.4) is 0 Å². The Hall–Kier alpha value is -1.11. The smallest absolute Gasteiger partial charge is 0.243 e. The molecule has 0 bridgehead atoms. The number of benzene rings is 1. The molecule has 112 valence electrons. The quantitative estimate of drug-likeness (QED) is 0.862. The molecule has 0 atom stereocenters. The minimum atomic E-state index is -3.53. The van der Waals surface area contributed by atoms with E-state index >= 15 is 0 Å². The number of aliphatic hydroxyl groups excluding tert-OH is 1. The number of fused-ring (bicyclic) bond motifs is 1. The lowest BCUT2D eigenvalue weighted by Crippen LogP contribution is -2.38. The zero-order valence-electron chi connectivity index (χ0n) is 11.9. The molecule has 1 aliphatic heterocycles. The Labute approximate surface area is 120 Å². The first-order valence-electron chi connectivity index (χ1n) is 6.85. The fourth-order valence-corrected chi connectivity index (χ4v) is 4.07. The highest BCUT2D eigenvalue weighted by molar-refractivity contribution is 7.89. The molecule has 0 aliphatic carbocycles. The van der Waals surface area contributed by atoms with Crippen LogP contribution in [-0.2, 0) is 16.4 Å². The molecular formula is C14H21NO4S. The molecule has 1 aromatic carbocycles. The van der Waals surface area contributed by atoms with Crippen molar-refractivity contribution in [3.8, 4) is 5.75 Å². The molecule has 20 heavy (non-hydrogen) atoms. The number of hydrogen-bond acceptors (Lipinski definition) is 4. The van der Waals surface area contributed by atoms with Gasteiger partial charge in [0.2, 0.25) is 10.0 Å². The van der Waals surface area contributed by atoms with E-state index in [0.717, 1.165) is 17.7 Å². The van der Waals surface area contributed by atoms with Gasteiger partial charge in [0.1, 0.15) is 5.75 Å². The molecule has 5 nitrogen and oxygen atoms in total. The number of hydrogen-bond donors (Lipinski definition) is 1. The van der Waals surface area contributed by atoms with Gasteiger partial charge in [-0.2, -0.15) is 4.31 Å². The summed E-state index contributed by atoms with van der Waals surface area (Å²) in [6.07, 6.45) is 1.18. The van der Waals surface area contributed by atoms with Gasteiger partial charge in [-0.05, 0) is 44.0 Å². The largest absolute Gasteiger partial charge is 0.493 e. The average Bonchev–Trinajstić information content (AvgIpc) is 2.85. The number of nitrogens with zero attached hydrogens (tertiary/aromatic N) is 1. The minimum Gasteiger partial charge on any atom is -0.493 e. The highest BCUT2D eigenvalue weighted by Crippen LogP contribution is 2.29. The van der Waals surface area contributed by atoms with Gasteiger partial charge in [0.25, 0.3) is 0 Å². The molecule has 0 amide bonds. The van der Waals surface area contributed by atoms with E-state index in [0.29, 0.717) is 24.5 Å². The maximum atomic E-state index is 12.7. The molecule has 1 aromatic rings. The van der Waals surface area contributed by atoms with Gasteiger partial charge in [0.05, 0.1) is 11.5 Å². The molecule has 0 aromatic heterocycles. The highest BCUT2D eigenvalue weighted by Gasteiger charge is 2.27. The molecule has 6 heteroatoms. The summed E-state index contributed by atoms with van der Waals surface area (Å²) >= 11 is 0. The third-order valence-electron chi connectivity index (χ3n) is 3.38. The van der Waals surface area contributed by atoms with E-state index in [4.69, 9.17) is 9.84 Å². The van der Waals surface area contributed by atoms with Crippen molar-refractivity contribution in [2.45, 2.75) is 37.6 Å². The Morgan fingerprint density at radius 3 is 2.80 bits per heavy atom. The van der Waals surface area contributed by atoms with E-state index in [-0.39, 0.29) is 12.6 Å². The van der Waals surface area contributed by atoms with Crippen LogP contribution in [0.2, 0.25) is 0 Å². The van der Waals surface area contributed by atoms with Crippen molar-refractivity contribution in [1.82, 2.24) is 4.31 Å². The van der Waals surface area contributed by atoms with Crippen LogP contribution in [0.25, 0.3) is 0 Å². The lowest BCUT2D eigenvalue weighted by molar-refractivity contribution is 0.258. The van der Waals surface area contributed by atoms with E-state index in [1.165, 1.54) is 4.31 Å². The summed E-state index contributed by atoms with van der Waals surface area (Å²) in [5, 5.41) is 8.92. The molecule has 0 saturated heterocycles. The van der Waals surface area contributed by atoms with Crippen LogP contribution in [0.1, 0.15) is 25.8 Å². The first-order chi connectivity index (χ1) is 9.46. The van der Waals surface area contributed by atoms with Gasteiger partial charge in [-0.15, -0.1) is 0 Å². The van der Waals surface area contributed by atoms with Crippen LogP contribution in [0.4, 0.5) is 0 Å². The van der Waals surface area contributed by atoms with Crippen LogP contribution >= 0.6 is 0 Å². The van der Waals surface area contributed by atoms with Gasteiger partial charge >= 0.3 is 0 Å². The third-order valence-corrected chi connectivity index (χ3v) is 5.45. The minimum absolute atomic E-state index is 0.0171. The van der Waals surface area contributed by atoms with Gasteiger partial charge in [-0.3, -0.25) is 0 Å². The lowest BCUT2D eigenvalue weighted by Gasteiger charge is -2.25. The van der Waals surface area contributed by atoms with Crippen molar-refractivity contribution in [2.75, 3.05) is 19.8 Å². The van der Waals surface area contributed by atoms with Crippen molar-refractivity contribution in [3.63, 3.8) is 0 Å². The topological polar surface area (TPSA) is 66.8 Å². The lowest BCUT2D eigenvalue weighted by atomic mass is 10.2. The third kappa shape index (κ3) is 2.97. The van der Waals surface area contributed by atoms with Crippen molar-refractivity contribution >= 4 is 10.0 Å². The van der Waals surface area contributed by atoms with Crippen molar-refractivity contribution in [3.05, 3.63) is 23.8 Å². The standard InChI is InChI=1S/C14H21NO4S/c1-11(2)15(7-3-8-16)20(17,18)13-4-5-14-12(10-13)6-9-19-14/h4-5,10-11,16H,3,6-9H2,1-2H3. The van der Waals surface area contributed by atoms with Crippen LogP contribution in [-0.4, -0.2) is 43.6 Å². The first kappa shape index (κ1) is 15.3. The summed E-state index contributed by atoms with van der Waals surface area (Å²) in [5.74, 6) is 0.774. The van der Waals surface area contributed by atoms with Gasteiger partial charge in [-0.1, -0.05) is 0 Å². The molecule has 1 N–H and O–H groups in total. The maximum absolute atomic E-state index is 12.7. The van der Waals surface area contributed by atoms with E-state index < -0.39 is 10.0 Å². The summed E-state index contributed by atoms with van der Waals surface area (Å²) in [7, 11) is -3.53. The molecular weight excluding hydrogens is 278 g/mol. The van der Waals surface area contributed by atoms with Gasteiger partial charge in [0, 0.05) is 25.6 Å². The van der Waals surface area contributed by atoms with Crippen LogP contribution < -0.4 is 4.74 Å². The Kier molecular flexibility index (Phi) is 4.67. The molecule has 2 rings (SSSR count). The molecule has 0 fully saturated rings. The molecule has 1 heterocycles. The molecule has 1 aliphatic rings. The van der Waals surface area contributed by atoms with E-state index in [9.17, 15) is 8.42 Å². The predicted molar refractivity (Wildman–Crippen MR) is 76.4 cm³/mol. The monoisotopic (exact) mass is 299 g/mol. The Morgan fingerprint density at radius 1 is 1.40 bits per heavy atom. The van der Waals surface area contributed by atoms with E-state index in [1.807, 2.05) is 13.8 Å². The van der Waals surface area contributed by atoms with Gasteiger partial charge < -0.3 is 9.84 Å². The fourth-order valence-electron chi connectivity index (χ4n) is 2.34.